The Morgan fingerprint density at radius 2 is 1.73 bits per heavy atom. The van der Waals surface area contributed by atoms with E-state index < -0.39 is 29.4 Å². The van der Waals surface area contributed by atoms with E-state index >= 15 is 4.39 Å². The molecule has 45 heavy (non-hydrogen) atoms. The van der Waals surface area contributed by atoms with Gasteiger partial charge in [0.05, 0.1) is 22.8 Å². The molecule has 0 amide bonds. The van der Waals surface area contributed by atoms with E-state index in [0.717, 1.165) is 5.69 Å². The maximum atomic E-state index is 15.4. The summed E-state index contributed by atoms with van der Waals surface area (Å²) in [5.74, 6) is 0.328. The molecule has 6 aromatic rings. The number of halogens is 5. The highest BCUT2D eigenvalue weighted by Gasteiger charge is 2.79. The average molecular weight is 634 g/mol. The quantitative estimate of drug-likeness (QED) is 0.273. The third-order valence-corrected chi connectivity index (χ3v) is 9.27. The summed E-state index contributed by atoms with van der Waals surface area (Å²) in [5, 5.41) is 11.8. The summed E-state index contributed by atoms with van der Waals surface area (Å²) in [5.41, 5.74) is -0.534. The highest BCUT2D eigenvalue weighted by atomic mass is 35.5. The van der Waals surface area contributed by atoms with Crippen LogP contribution in [-0.2, 0) is 6.18 Å². The molecule has 224 valence electrons. The van der Waals surface area contributed by atoms with E-state index in [4.69, 9.17) is 11.6 Å². The van der Waals surface area contributed by atoms with Gasteiger partial charge < -0.3 is 14.5 Å². The van der Waals surface area contributed by atoms with E-state index in [1.165, 1.54) is 35.3 Å². The third kappa shape index (κ3) is 3.79. The van der Waals surface area contributed by atoms with Crippen molar-refractivity contribution in [1.82, 2.24) is 44.7 Å². The van der Waals surface area contributed by atoms with Crippen LogP contribution in [0.25, 0.3) is 39.1 Å². The minimum atomic E-state index is -4.96. The molecule has 3 unspecified atom stereocenters. The lowest BCUT2D eigenvalue weighted by Crippen LogP contribution is -2.37. The molecule has 1 aliphatic heterocycles. The van der Waals surface area contributed by atoms with Gasteiger partial charge in [-0.25, -0.2) is 9.97 Å². The van der Waals surface area contributed by atoms with Crippen LogP contribution in [0.15, 0.2) is 64.4 Å². The normalized spacial score (nSPS) is 22.7. The molecule has 2 saturated carbocycles. The van der Waals surface area contributed by atoms with Gasteiger partial charge in [0.2, 0.25) is 11.6 Å². The first kappa shape index (κ1) is 26.2. The first-order chi connectivity index (χ1) is 21.6. The number of nitrogens with one attached hydrogen (secondary N) is 2. The Labute approximate surface area is 252 Å². The number of nitrogens with zero attached hydrogens (tertiary/aromatic N) is 7. The van der Waals surface area contributed by atoms with Gasteiger partial charge >= 0.3 is 6.18 Å². The average Bonchev–Trinajstić information content (AvgIpc) is 3.78. The first-order valence-corrected chi connectivity index (χ1v) is 14.1. The summed E-state index contributed by atoms with van der Waals surface area (Å²) < 4.78 is 58.4. The number of aromatic amines is 2. The van der Waals surface area contributed by atoms with Crippen molar-refractivity contribution in [2.24, 2.45) is 17.8 Å². The molecule has 11 nitrogen and oxygen atoms in total. The molecule has 0 bridgehead atoms. The number of aromatic nitrogens is 9. The minimum Gasteiger partial charge on any atom is -0.338 e. The predicted molar refractivity (Wildman–Crippen MR) is 150 cm³/mol. The molecule has 5 heterocycles. The Bertz CT molecular complexity index is 2340. The second-order valence-electron chi connectivity index (χ2n) is 11.4. The van der Waals surface area contributed by atoms with Crippen LogP contribution >= 0.6 is 11.6 Å². The van der Waals surface area contributed by atoms with E-state index in [9.17, 15) is 22.8 Å². The van der Waals surface area contributed by atoms with Crippen LogP contribution in [0.2, 0.25) is 5.02 Å². The summed E-state index contributed by atoms with van der Waals surface area (Å²) in [6, 6.07) is 12.1. The van der Waals surface area contributed by atoms with E-state index in [1.807, 2.05) is 6.07 Å². The topological polar surface area (TPSA) is 140 Å². The highest BCUT2D eigenvalue weighted by Crippen LogP contribution is 2.83. The number of rotatable bonds is 4. The lowest BCUT2D eigenvalue weighted by atomic mass is 9.87. The van der Waals surface area contributed by atoms with Gasteiger partial charge in [0.1, 0.15) is 17.8 Å². The Balaban J connectivity index is 1.13. The predicted octanol–water partition coefficient (Wildman–Crippen LogP) is 4.49. The van der Waals surface area contributed by atoms with Crippen LogP contribution in [0.5, 0.6) is 0 Å². The largest absolute Gasteiger partial charge is 0.438 e. The summed E-state index contributed by atoms with van der Waals surface area (Å²) >= 11 is 6.33. The number of benzene rings is 2. The molecule has 2 aromatic carbocycles. The molecule has 0 radical (unpaired) electrons. The van der Waals surface area contributed by atoms with Crippen molar-refractivity contribution in [3.8, 4) is 28.1 Å². The summed E-state index contributed by atoms with van der Waals surface area (Å²) in [7, 11) is 0. The van der Waals surface area contributed by atoms with Gasteiger partial charge in [0.25, 0.3) is 11.1 Å². The smallest absolute Gasteiger partial charge is 0.338 e. The molecule has 2 fully saturated rings. The van der Waals surface area contributed by atoms with Gasteiger partial charge in [-0.15, -0.1) is 5.10 Å². The number of H-pyrrole nitrogens is 2. The van der Waals surface area contributed by atoms with Gasteiger partial charge in [-0.05, 0) is 70.1 Å². The number of fused-ring (bicyclic) bond motifs is 5. The van der Waals surface area contributed by atoms with E-state index in [0.29, 0.717) is 33.7 Å². The van der Waals surface area contributed by atoms with Crippen molar-refractivity contribution in [2.75, 3.05) is 0 Å². The standard InChI is InChI=1S/C29H16ClF4N9O2/c30-12-2-4-16(42-9-35-40-41-42)13(8-12)11-6-17-19-20-21(19)22(20)24(43(17)18(44)7-11)27-38-23(26(31)39-27)10-1-3-14-15(5-10)36-25(28(45)37-14)29(32,33)34/h1-9,19-22,24H,(H,37,45)(H,38,39). The number of alkyl halides is 3. The number of pyridine rings is 1. The molecule has 2 N–H and O–H groups in total. The maximum absolute atomic E-state index is 15.4. The van der Waals surface area contributed by atoms with Gasteiger partial charge in [-0.1, -0.05) is 17.7 Å². The molecule has 3 aliphatic rings. The van der Waals surface area contributed by atoms with Crippen LogP contribution < -0.4 is 11.1 Å². The summed E-state index contributed by atoms with van der Waals surface area (Å²) in [6.07, 6.45) is -3.52. The molecular formula is C29H16ClF4N9O2. The van der Waals surface area contributed by atoms with Crippen molar-refractivity contribution in [3.05, 3.63) is 104 Å². The summed E-state index contributed by atoms with van der Waals surface area (Å²) in [6.45, 7) is 0. The van der Waals surface area contributed by atoms with Crippen LogP contribution in [0.4, 0.5) is 17.6 Å². The van der Waals surface area contributed by atoms with Crippen molar-refractivity contribution in [3.63, 3.8) is 0 Å². The van der Waals surface area contributed by atoms with Crippen LogP contribution in [0, 0.1) is 23.7 Å². The van der Waals surface area contributed by atoms with Crippen molar-refractivity contribution in [2.45, 2.75) is 18.1 Å². The van der Waals surface area contributed by atoms with Crippen LogP contribution in [-0.4, -0.2) is 44.7 Å². The fraction of sp³-hybridized carbons (Fsp3) is 0.207. The Morgan fingerprint density at radius 3 is 2.49 bits per heavy atom. The monoisotopic (exact) mass is 633 g/mol. The molecule has 9 rings (SSSR count). The maximum Gasteiger partial charge on any atom is 0.438 e. The van der Waals surface area contributed by atoms with Gasteiger partial charge in [0.15, 0.2) is 0 Å². The van der Waals surface area contributed by atoms with Gasteiger partial charge in [-0.3, -0.25) is 9.59 Å². The van der Waals surface area contributed by atoms with Crippen molar-refractivity contribution in [1.29, 1.82) is 0 Å². The lowest BCUT2D eigenvalue weighted by Gasteiger charge is -2.33. The lowest BCUT2D eigenvalue weighted by molar-refractivity contribution is -0.142. The Morgan fingerprint density at radius 1 is 0.911 bits per heavy atom. The fourth-order valence-electron chi connectivity index (χ4n) is 7.02. The van der Waals surface area contributed by atoms with Crippen LogP contribution in [0.3, 0.4) is 0 Å². The SMILES string of the molecule is O=c1[nH]c2ccc(-c3[nH]c(C4C5C6C(c7cc(-c8cc(Cl)ccc8-n8cnnn8)cc(=O)n74)C65)nc3F)cc2nc1C(F)(F)F. The molecule has 4 aromatic heterocycles. The number of imidazole rings is 1. The number of hydrogen-bond donors (Lipinski definition) is 2. The first-order valence-electron chi connectivity index (χ1n) is 13.8. The fourth-order valence-corrected chi connectivity index (χ4v) is 7.19. The molecule has 0 spiro atoms. The van der Waals surface area contributed by atoms with E-state index in [-0.39, 0.29) is 45.5 Å². The Hall–Kier alpha value is -5.18. The number of tetrazole rings is 1. The van der Waals surface area contributed by atoms with Gasteiger partial charge in [0, 0.05) is 33.8 Å². The molecule has 2 aliphatic carbocycles. The molecule has 0 saturated heterocycles. The zero-order valence-electron chi connectivity index (χ0n) is 22.4. The second-order valence-corrected chi connectivity index (χ2v) is 11.9. The zero-order chi connectivity index (χ0) is 30.9. The second kappa shape index (κ2) is 8.72. The zero-order valence-corrected chi connectivity index (χ0v) is 23.2. The molecule has 16 heteroatoms. The van der Waals surface area contributed by atoms with E-state index in [1.54, 1.807) is 22.8 Å². The van der Waals surface area contributed by atoms with Crippen molar-refractivity contribution >= 4 is 22.6 Å². The van der Waals surface area contributed by atoms with Gasteiger partial charge in [-0.2, -0.15) is 22.2 Å². The molecule has 3 atom stereocenters. The van der Waals surface area contributed by atoms with E-state index in [2.05, 4.69) is 35.5 Å². The summed E-state index contributed by atoms with van der Waals surface area (Å²) in [4.78, 5) is 38.4. The highest BCUT2D eigenvalue weighted by molar-refractivity contribution is 6.31. The number of hydrogen-bond acceptors (Lipinski definition) is 7. The van der Waals surface area contributed by atoms with Crippen LogP contribution in [0.1, 0.15) is 29.2 Å². The molecular weight excluding hydrogens is 618 g/mol. The Kier molecular flexibility index (Phi) is 5.08. The van der Waals surface area contributed by atoms with Crippen molar-refractivity contribution < 1.29 is 17.6 Å². The third-order valence-electron chi connectivity index (χ3n) is 9.04. The minimum absolute atomic E-state index is 0.0625.